The summed E-state index contributed by atoms with van der Waals surface area (Å²) in [6.07, 6.45) is 4.59. The maximum atomic E-state index is 9.38. The number of nitrogens with zero attached hydrogens (tertiary/aromatic N) is 2. The quantitative estimate of drug-likeness (QED) is 0.118. The molecule has 63 heavy (non-hydrogen) atoms. The molecule has 3 aromatic heterocycles. The van der Waals surface area contributed by atoms with E-state index in [2.05, 4.69) is 104 Å². The van der Waals surface area contributed by atoms with Crippen molar-refractivity contribution in [3.8, 4) is 44.8 Å². The molecule has 9 rings (SSSR count). The van der Waals surface area contributed by atoms with Gasteiger partial charge in [0.25, 0.3) is 0 Å². The average molecular weight is 1030 g/mol. The first-order chi connectivity index (χ1) is 33.1. The van der Waals surface area contributed by atoms with Crippen molar-refractivity contribution in [3.05, 3.63) is 162 Å². The van der Waals surface area contributed by atoms with Gasteiger partial charge in [0.05, 0.1) is 13.7 Å². The van der Waals surface area contributed by atoms with Gasteiger partial charge in [-0.3, -0.25) is 0 Å². The third-order valence-electron chi connectivity index (χ3n) is 11.8. The van der Waals surface area contributed by atoms with Gasteiger partial charge in [0.15, 0.2) is 0 Å². The largest absolute Gasteiger partial charge is 0.500 e. The fraction of sp³-hybridized carbons (Fsp3) is 0.310. The van der Waals surface area contributed by atoms with Crippen molar-refractivity contribution in [1.29, 1.82) is 0 Å². The van der Waals surface area contributed by atoms with Crippen LogP contribution in [0.5, 0.6) is 0 Å². The van der Waals surface area contributed by atoms with Gasteiger partial charge in [-0.05, 0) is 119 Å². The number of aromatic nitrogens is 2. The number of fused-ring (bicyclic) bond motifs is 3. The van der Waals surface area contributed by atoms with Crippen molar-refractivity contribution < 1.29 is 36.9 Å². The van der Waals surface area contributed by atoms with Crippen LogP contribution >= 0.6 is 0 Å². The van der Waals surface area contributed by atoms with Gasteiger partial charge >= 0.3 is 0 Å². The molecular formula is C58H62IrN2OSi-2. The van der Waals surface area contributed by atoms with Gasteiger partial charge in [-0.15, -0.1) is 53.6 Å². The average Bonchev–Trinajstić information content (AvgIpc) is 3.71. The van der Waals surface area contributed by atoms with Crippen LogP contribution in [-0.4, -0.2) is 18.0 Å². The monoisotopic (exact) mass is 1030 g/mol. The maximum Gasteiger partial charge on any atom is 0.128 e. The first kappa shape index (κ1) is 35.4. The zero-order chi connectivity index (χ0) is 51.5. The van der Waals surface area contributed by atoms with Gasteiger partial charge in [0.1, 0.15) is 5.58 Å². The molecule has 0 saturated heterocycles. The Hall–Kier alpha value is -4.93. The van der Waals surface area contributed by atoms with Crippen LogP contribution < -0.4 is 5.19 Å². The number of hydrogen-bond acceptors (Lipinski definition) is 3. The molecule has 1 fully saturated rings. The standard InChI is InChI=1S/C38H42NO.C20H20NSi.Ir/c1-24-18-32(28-11-8-10-27(20-28)26-14-16-38(6,7)17-15-26)36-33(19-24)30-12-9-13-31(35(30)40-36)34-21-29(22-37(3,4)5)25(2)23-39-34;1-22(2,3)19-12-13-20(21-15-19)18-11-7-10-17(14-18)16-8-5-4-6-9-16;/h8-12,18-21,23,26H,14-17,22H2,1-7H3;4-10,12-15H,1-3H3;/q2*-1;/i1D3,2D3,22D2,26D;;. The number of aryl methyl sites for hydroxylation is 2. The van der Waals surface area contributed by atoms with Crippen molar-refractivity contribution in [1.82, 2.24) is 9.97 Å². The predicted octanol–water partition coefficient (Wildman–Crippen LogP) is 15.8. The zero-order valence-corrected chi connectivity index (χ0v) is 41.0. The van der Waals surface area contributed by atoms with Crippen LogP contribution in [0.25, 0.3) is 66.7 Å². The number of hydrogen-bond donors (Lipinski definition) is 0. The number of rotatable bonds is 7. The second-order valence-corrected chi connectivity index (χ2v) is 24.6. The van der Waals surface area contributed by atoms with Crippen molar-refractivity contribution in [2.75, 3.05) is 0 Å². The Morgan fingerprint density at radius 1 is 0.762 bits per heavy atom. The summed E-state index contributed by atoms with van der Waals surface area (Å²) in [6.45, 7) is 11.7. The maximum absolute atomic E-state index is 9.38. The molecule has 0 aliphatic heterocycles. The Labute approximate surface area is 403 Å². The molecule has 0 amide bonds. The molecule has 1 radical (unpaired) electrons. The van der Waals surface area contributed by atoms with Gasteiger partial charge in [-0.25, -0.2) is 0 Å². The van der Waals surface area contributed by atoms with Crippen molar-refractivity contribution in [2.45, 2.75) is 106 Å². The smallest absolute Gasteiger partial charge is 0.128 e. The molecule has 1 saturated carbocycles. The molecule has 3 heterocycles. The Balaban J connectivity index is 0.000000276. The van der Waals surface area contributed by atoms with E-state index >= 15 is 0 Å². The summed E-state index contributed by atoms with van der Waals surface area (Å²) in [7, 11) is -1.29. The summed E-state index contributed by atoms with van der Waals surface area (Å²) >= 11 is 0. The summed E-state index contributed by atoms with van der Waals surface area (Å²) in [6, 6.07) is 43.5. The minimum atomic E-state index is -2.59. The van der Waals surface area contributed by atoms with E-state index in [-0.39, 0.29) is 47.9 Å². The van der Waals surface area contributed by atoms with Crippen molar-refractivity contribution in [2.24, 2.45) is 10.8 Å². The van der Waals surface area contributed by atoms with Crippen LogP contribution in [0.2, 0.25) is 19.6 Å². The molecule has 1 aliphatic carbocycles. The summed E-state index contributed by atoms with van der Waals surface area (Å²) in [5.74, 6) is -0.745. The van der Waals surface area contributed by atoms with E-state index < -0.39 is 39.5 Å². The number of furan rings is 1. The molecule has 0 bridgehead atoms. The van der Waals surface area contributed by atoms with Crippen LogP contribution in [0, 0.1) is 36.7 Å². The van der Waals surface area contributed by atoms with Gasteiger partial charge in [-0.1, -0.05) is 144 Å². The van der Waals surface area contributed by atoms with Crippen LogP contribution in [0.15, 0.2) is 132 Å². The number of benzene rings is 5. The van der Waals surface area contributed by atoms with E-state index in [0.29, 0.717) is 33.1 Å². The predicted molar refractivity (Wildman–Crippen MR) is 266 cm³/mol. The molecule has 5 heteroatoms. The molecule has 0 atom stereocenters. The Morgan fingerprint density at radius 3 is 2.21 bits per heavy atom. The van der Waals surface area contributed by atoms with Crippen LogP contribution in [0.1, 0.15) is 101 Å². The van der Waals surface area contributed by atoms with E-state index in [9.17, 15) is 1.37 Å². The first-order valence-corrected chi connectivity index (χ1v) is 25.1. The van der Waals surface area contributed by atoms with E-state index in [0.717, 1.165) is 48.1 Å². The normalized spacial score (nSPS) is 17.5. The minimum absolute atomic E-state index is 0. The van der Waals surface area contributed by atoms with Crippen molar-refractivity contribution in [3.63, 3.8) is 0 Å². The van der Waals surface area contributed by atoms with E-state index in [1.54, 1.807) is 45.0 Å². The molecular weight excluding hydrogens is 961 g/mol. The topological polar surface area (TPSA) is 38.9 Å². The summed E-state index contributed by atoms with van der Waals surface area (Å²) in [5.41, 5.74) is 7.48. The molecule has 3 nitrogen and oxygen atoms in total. The summed E-state index contributed by atoms with van der Waals surface area (Å²) < 4.78 is 83.1. The molecule has 8 aromatic rings. The summed E-state index contributed by atoms with van der Waals surface area (Å²) in [4.78, 5) is 9.14. The van der Waals surface area contributed by atoms with E-state index in [1.807, 2.05) is 42.6 Å². The van der Waals surface area contributed by atoms with Gasteiger partial charge in [0, 0.05) is 55.8 Å². The Kier molecular flexibility index (Phi) is 10.5. The van der Waals surface area contributed by atoms with Gasteiger partial charge in [0.2, 0.25) is 0 Å². The molecule has 0 N–H and O–H groups in total. The zero-order valence-electron chi connectivity index (χ0n) is 46.6. The molecule has 5 aromatic carbocycles. The number of pyridine rings is 2. The minimum Gasteiger partial charge on any atom is -0.500 e. The fourth-order valence-electron chi connectivity index (χ4n) is 8.19. The molecule has 1 aliphatic rings. The third kappa shape index (κ3) is 10.7. The third-order valence-corrected chi connectivity index (χ3v) is 13.8. The van der Waals surface area contributed by atoms with Gasteiger partial charge in [-0.2, -0.15) is 0 Å². The van der Waals surface area contributed by atoms with Crippen LogP contribution in [0.4, 0.5) is 0 Å². The first-order valence-electron chi connectivity index (χ1n) is 26.1. The van der Waals surface area contributed by atoms with Crippen molar-refractivity contribution >= 4 is 35.2 Å². The summed E-state index contributed by atoms with van der Waals surface area (Å²) in [5, 5.41) is 2.60. The Morgan fingerprint density at radius 2 is 1.51 bits per heavy atom. The molecule has 0 spiro atoms. The fourth-order valence-corrected chi connectivity index (χ4v) is 9.23. The molecule has 325 valence electrons. The second kappa shape index (κ2) is 18.7. The molecule has 0 unspecified atom stereocenters. The second-order valence-electron chi connectivity index (χ2n) is 19.5. The van der Waals surface area contributed by atoms with E-state index in [4.69, 9.17) is 15.4 Å². The SMILES string of the molecule is C[Si](C)(C)c1ccc(-c2[c-]ccc(-c3ccccc3)c2)nc1.[2H]C([2H])([2H])c1cc(-c2cccc(C3([2H])CCC(C)(C)CC3)c2)c2oc3c(-c4cc(C([2H])([2H])C(C)(C)C)c(C([2H])([2H])[2H])cn4)[c-]ccc3c2c1.[Ir]. The van der Waals surface area contributed by atoms with E-state index in [1.165, 1.54) is 28.6 Å². The van der Waals surface area contributed by atoms with Crippen LogP contribution in [-0.2, 0) is 26.5 Å². The Bertz CT molecular complexity index is 3210. The van der Waals surface area contributed by atoms with Gasteiger partial charge < -0.3 is 14.4 Å². The van der Waals surface area contributed by atoms with Crippen LogP contribution in [0.3, 0.4) is 0 Å².